The monoisotopic (exact) mass is 443 g/mol. The lowest BCUT2D eigenvalue weighted by Crippen LogP contribution is -2.19. The minimum atomic E-state index is -0.213. The van der Waals surface area contributed by atoms with Crippen LogP contribution in [0.1, 0.15) is 5.56 Å². The number of carbonyl (C=O) groups excluding carboxylic acids is 1. The van der Waals surface area contributed by atoms with Crippen molar-refractivity contribution in [2.75, 3.05) is 13.7 Å². The van der Waals surface area contributed by atoms with Crippen LogP contribution in [-0.4, -0.2) is 24.8 Å². The molecular formula is C19H14BrN3O3S. The molecule has 0 unspecified atom stereocenters. The van der Waals surface area contributed by atoms with Gasteiger partial charge in [0, 0.05) is 0 Å². The largest absolute Gasteiger partial charge is 0.493 e. The molecule has 1 aliphatic rings. The lowest BCUT2D eigenvalue weighted by atomic mass is 10.2. The van der Waals surface area contributed by atoms with Crippen LogP contribution in [0.5, 0.6) is 11.5 Å². The Balaban J connectivity index is 1.86. The van der Waals surface area contributed by atoms with Gasteiger partial charge in [-0.05, 0) is 63.6 Å². The number of hydrogen-bond acceptors (Lipinski definition) is 6. The number of ether oxygens (including phenoxy) is 2. The second kappa shape index (κ2) is 8.75. The van der Waals surface area contributed by atoms with E-state index in [1.54, 1.807) is 18.2 Å². The Hall–Kier alpha value is -2.76. The van der Waals surface area contributed by atoms with Crippen LogP contribution in [-0.2, 0) is 4.79 Å². The van der Waals surface area contributed by atoms with Crippen LogP contribution in [0.2, 0.25) is 0 Å². The molecule has 1 saturated heterocycles. The van der Waals surface area contributed by atoms with E-state index >= 15 is 0 Å². The van der Waals surface area contributed by atoms with Crippen molar-refractivity contribution in [2.45, 2.75) is 0 Å². The summed E-state index contributed by atoms with van der Waals surface area (Å²) in [5, 5.41) is 12.0. The highest BCUT2D eigenvalue weighted by Gasteiger charge is 2.24. The number of para-hydroxylation sites is 1. The number of amides is 1. The van der Waals surface area contributed by atoms with Crippen molar-refractivity contribution in [2.24, 2.45) is 4.99 Å². The fraction of sp³-hybridized carbons (Fsp3) is 0.105. The maximum absolute atomic E-state index is 12.2. The number of nitrogens with one attached hydrogen (secondary N) is 1. The summed E-state index contributed by atoms with van der Waals surface area (Å²) in [6, 6.07) is 14.9. The summed E-state index contributed by atoms with van der Waals surface area (Å²) in [4.78, 5) is 17.2. The second-order valence-electron chi connectivity index (χ2n) is 5.30. The zero-order chi connectivity index (χ0) is 19.2. The van der Waals surface area contributed by atoms with Crippen molar-refractivity contribution in [3.63, 3.8) is 0 Å². The molecule has 0 aliphatic carbocycles. The van der Waals surface area contributed by atoms with Crippen LogP contribution in [0, 0.1) is 11.3 Å². The first-order valence-electron chi connectivity index (χ1n) is 7.82. The molecule has 0 aromatic heterocycles. The SMILES string of the molecule is COc1cc(/C=C2\SC(=Nc3ccccc3)NC2=O)cc(Br)c1OCC#N. The third-order valence-corrected chi connectivity index (χ3v) is 4.97. The van der Waals surface area contributed by atoms with Gasteiger partial charge in [-0.15, -0.1) is 0 Å². The van der Waals surface area contributed by atoms with Crippen molar-refractivity contribution in [1.29, 1.82) is 5.26 Å². The number of methoxy groups -OCH3 is 1. The molecule has 1 amide bonds. The van der Waals surface area contributed by atoms with E-state index in [1.165, 1.54) is 18.9 Å². The average molecular weight is 444 g/mol. The summed E-state index contributed by atoms with van der Waals surface area (Å²) in [6.45, 7) is -0.0903. The third-order valence-electron chi connectivity index (χ3n) is 3.47. The molecule has 8 heteroatoms. The van der Waals surface area contributed by atoms with Crippen LogP contribution in [0.4, 0.5) is 5.69 Å². The lowest BCUT2D eigenvalue weighted by molar-refractivity contribution is -0.115. The van der Waals surface area contributed by atoms with Crippen molar-refractivity contribution < 1.29 is 14.3 Å². The molecule has 0 atom stereocenters. The van der Waals surface area contributed by atoms with Gasteiger partial charge in [-0.2, -0.15) is 5.26 Å². The van der Waals surface area contributed by atoms with E-state index in [2.05, 4.69) is 26.2 Å². The molecule has 0 radical (unpaired) electrons. The van der Waals surface area contributed by atoms with Gasteiger partial charge in [0.05, 0.1) is 22.2 Å². The number of thioether (sulfide) groups is 1. The molecule has 0 spiro atoms. The summed E-state index contributed by atoms with van der Waals surface area (Å²) < 4.78 is 11.3. The quantitative estimate of drug-likeness (QED) is 0.698. The number of halogens is 1. The van der Waals surface area contributed by atoms with Gasteiger partial charge in [0.2, 0.25) is 0 Å². The molecule has 0 saturated carbocycles. The van der Waals surface area contributed by atoms with E-state index in [9.17, 15) is 4.79 Å². The van der Waals surface area contributed by atoms with Crippen molar-refractivity contribution in [3.8, 4) is 17.6 Å². The highest BCUT2D eigenvalue weighted by Crippen LogP contribution is 2.38. The fourth-order valence-electron chi connectivity index (χ4n) is 2.32. The maximum Gasteiger partial charge on any atom is 0.264 e. The summed E-state index contributed by atoms with van der Waals surface area (Å²) in [6.07, 6.45) is 1.74. The zero-order valence-corrected chi connectivity index (χ0v) is 16.6. The molecule has 2 aromatic rings. The molecule has 136 valence electrons. The third kappa shape index (κ3) is 4.70. The lowest BCUT2D eigenvalue weighted by Gasteiger charge is -2.11. The Morgan fingerprint density at radius 2 is 2.11 bits per heavy atom. The zero-order valence-electron chi connectivity index (χ0n) is 14.2. The topological polar surface area (TPSA) is 83.7 Å². The summed E-state index contributed by atoms with van der Waals surface area (Å²) in [7, 11) is 1.51. The first kappa shape index (κ1) is 19.0. The number of rotatable bonds is 5. The number of hydrogen-bond donors (Lipinski definition) is 1. The highest BCUT2D eigenvalue weighted by molar-refractivity contribution is 9.10. The summed E-state index contributed by atoms with van der Waals surface area (Å²) in [5.74, 6) is 0.693. The van der Waals surface area contributed by atoms with E-state index in [-0.39, 0.29) is 12.5 Å². The predicted octanol–water partition coefficient (Wildman–Crippen LogP) is 4.25. The molecule has 1 fully saturated rings. The van der Waals surface area contributed by atoms with Crippen LogP contribution >= 0.6 is 27.7 Å². The predicted molar refractivity (Wildman–Crippen MR) is 109 cm³/mol. The number of benzene rings is 2. The maximum atomic E-state index is 12.2. The van der Waals surface area contributed by atoms with Crippen LogP contribution < -0.4 is 14.8 Å². The van der Waals surface area contributed by atoms with Crippen molar-refractivity contribution in [1.82, 2.24) is 5.32 Å². The number of nitriles is 1. The minimum absolute atomic E-state index is 0.0903. The first-order valence-corrected chi connectivity index (χ1v) is 9.43. The van der Waals surface area contributed by atoms with E-state index in [0.717, 1.165) is 11.3 Å². The molecule has 3 rings (SSSR count). The Morgan fingerprint density at radius 3 is 2.81 bits per heavy atom. The molecule has 1 N–H and O–H groups in total. The Kier molecular flexibility index (Phi) is 6.16. The number of nitrogens with zero attached hydrogens (tertiary/aromatic N) is 2. The van der Waals surface area contributed by atoms with Gasteiger partial charge >= 0.3 is 0 Å². The fourth-order valence-corrected chi connectivity index (χ4v) is 3.74. The van der Waals surface area contributed by atoms with Crippen LogP contribution in [0.3, 0.4) is 0 Å². The molecule has 2 aromatic carbocycles. The van der Waals surface area contributed by atoms with E-state index in [1.807, 2.05) is 36.4 Å². The van der Waals surface area contributed by atoms with E-state index < -0.39 is 0 Å². The van der Waals surface area contributed by atoms with E-state index in [0.29, 0.717) is 26.0 Å². The molecular weight excluding hydrogens is 430 g/mol. The highest BCUT2D eigenvalue weighted by atomic mass is 79.9. The number of amidine groups is 1. The minimum Gasteiger partial charge on any atom is -0.493 e. The Labute approximate surface area is 169 Å². The van der Waals surface area contributed by atoms with Crippen LogP contribution in [0.15, 0.2) is 56.8 Å². The van der Waals surface area contributed by atoms with Gasteiger partial charge in [0.1, 0.15) is 6.07 Å². The molecule has 1 aliphatic heterocycles. The standard InChI is InChI=1S/C19H14BrN3O3S/c1-25-15-10-12(9-14(20)17(15)26-8-7-21)11-16-18(24)23-19(27-16)22-13-5-3-2-4-6-13/h2-6,9-11H,8H2,1H3,(H,22,23,24)/b16-11-. The smallest absolute Gasteiger partial charge is 0.264 e. The van der Waals surface area contributed by atoms with Gasteiger partial charge in [0.15, 0.2) is 23.3 Å². The molecule has 0 bridgehead atoms. The van der Waals surface area contributed by atoms with Gasteiger partial charge in [-0.1, -0.05) is 18.2 Å². The van der Waals surface area contributed by atoms with Gasteiger partial charge in [-0.3, -0.25) is 4.79 Å². The molecule has 6 nitrogen and oxygen atoms in total. The van der Waals surface area contributed by atoms with E-state index in [4.69, 9.17) is 14.7 Å². The van der Waals surface area contributed by atoms with Crippen molar-refractivity contribution >= 4 is 50.5 Å². The number of carbonyl (C=O) groups is 1. The molecule has 1 heterocycles. The summed E-state index contributed by atoms with van der Waals surface area (Å²) in [5.41, 5.74) is 1.52. The second-order valence-corrected chi connectivity index (χ2v) is 7.18. The average Bonchev–Trinajstić information content (AvgIpc) is 3.00. The van der Waals surface area contributed by atoms with Gasteiger partial charge in [0.25, 0.3) is 5.91 Å². The summed E-state index contributed by atoms with van der Waals surface area (Å²) >= 11 is 4.68. The van der Waals surface area contributed by atoms with Gasteiger partial charge < -0.3 is 14.8 Å². The van der Waals surface area contributed by atoms with Crippen molar-refractivity contribution in [3.05, 3.63) is 57.4 Å². The molecule has 27 heavy (non-hydrogen) atoms. The van der Waals surface area contributed by atoms with Crippen LogP contribution in [0.25, 0.3) is 6.08 Å². The normalized spacial score (nSPS) is 16.3. The number of aliphatic imine (C=N–C) groups is 1. The van der Waals surface area contributed by atoms with Gasteiger partial charge in [-0.25, -0.2) is 4.99 Å². The Morgan fingerprint density at radius 1 is 1.33 bits per heavy atom. The Bertz CT molecular complexity index is 968. The first-order chi connectivity index (χ1) is 13.1.